The normalized spacial score (nSPS) is 21.5. The van der Waals surface area contributed by atoms with Gasteiger partial charge in [-0.1, -0.05) is 29.8 Å². The molecule has 0 amide bonds. The van der Waals surface area contributed by atoms with Gasteiger partial charge in [-0.3, -0.25) is 9.69 Å². The van der Waals surface area contributed by atoms with Gasteiger partial charge in [-0.2, -0.15) is 9.78 Å². The zero-order valence-corrected chi connectivity index (χ0v) is 16.5. The fourth-order valence-corrected chi connectivity index (χ4v) is 4.08. The van der Waals surface area contributed by atoms with E-state index < -0.39 is 0 Å². The Morgan fingerprint density at radius 1 is 1.18 bits per heavy atom. The van der Waals surface area contributed by atoms with E-state index >= 15 is 0 Å². The number of nitrogens with zero attached hydrogens (tertiary/aromatic N) is 3. The number of hydrogen-bond acceptors (Lipinski definition) is 6. The molecule has 1 aromatic heterocycles. The maximum Gasteiger partial charge on any atom is 0.292 e. The van der Waals surface area contributed by atoms with Crippen molar-refractivity contribution in [2.24, 2.45) is 5.92 Å². The molecule has 2 fully saturated rings. The number of halogens is 1. The lowest BCUT2D eigenvalue weighted by atomic mass is 9.97. The molecule has 1 N–H and O–H groups in total. The van der Waals surface area contributed by atoms with Crippen LogP contribution in [0, 0.1) is 5.92 Å². The molecule has 0 bridgehead atoms. The summed E-state index contributed by atoms with van der Waals surface area (Å²) in [6, 6.07) is 9.57. The predicted octanol–water partition coefficient (Wildman–Crippen LogP) is 2.04. The Balaban J connectivity index is 1.51. The van der Waals surface area contributed by atoms with Crippen molar-refractivity contribution in [2.75, 3.05) is 51.4 Å². The second-order valence-electron chi connectivity index (χ2n) is 7.14. The van der Waals surface area contributed by atoms with Gasteiger partial charge in [0, 0.05) is 38.2 Å². The van der Waals surface area contributed by atoms with Crippen LogP contribution in [-0.4, -0.2) is 66.8 Å². The second kappa shape index (κ2) is 9.05. The number of morpholine rings is 1. The quantitative estimate of drug-likeness (QED) is 0.794. The lowest BCUT2D eigenvalue weighted by molar-refractivity contribution is 0.00461. The van der Waals surface area contributed by atoms with E-state index in [1.165, 1.54) is 4.68 Å². The maximum atomic E-state index is 12.7. The molecule has 2 aromatic rings. The van der Waals surface area contributed by atoms with Crippen LogP contribution in [0.1, 0.15) is 6.42 Å². The minimum absolute atomic E-state index is 0.155. The van der Waals surface area contributed by atoms with Crippen molar-refractivity contribution < 1.29 is 9.47 Å². The first-order chi connectivity index (χ1) is 13.7. The minimum atomic E-state index is -0.329. The molecule has 4 rings (SSSR count). The molecule has 150 valence electrons. The van der Waals surface area contributed by atoms with E-state index in [-0.39, 0.29) is 10.6 Å². The van der Waals surface area contributed by atoms with Crippen LogP contribution in [0.25, 0.3) is 5.69 Å². The van der Waals surface area contributed by atoms with Gasteiger partial charge in [0.2, 0.25) is 0 Å². The fraction of sp³-hybridized carbons (Fsp3) is 0.500. The van der Waals surface area contributed by atoms with Crippen LogP contribution in [0.4, 0.5) is 5.69 Å². The fourth-order valence-electron chi connectivity index (χ4n) is 3.88. The molecule has 0 saturated carbocycles. The van der Waals surface area contributed by atoms with E-state index in [1.54, 1.807) is 6.20 Å². The average Bonchev–Trinajstić information content (AvgIpc) is 3.27. The van der Waals surface area contributed by atoms with Gasteiger partial charge < -0.3 is 14.8 Å². The van der Waals surface area contributed by atoms with Crippen molar-refractivity contribution in [1.29, 1.82) is 0 Å². The van der Waals surface area contributed by atoms with Crippen molar-refractivity contribution in [3.8, 4) is 5.69 Å². The molecule has 1 aromatic carbocycles. The molecule has 7 nitrogen and oxygen atoms in total. The highest BCUT2D eigenvalue weighted by Crippen LogP contribution is 2.24. The summed E-state index contributed by atoms with van der Waals surface area (Å²) in [5, 5.41) is 7.81. The smallest absolute Gasteiger partial charge is 0.292 e. The van der Waals surface area contributed by atoms with Crippen LogP contribution in [0.15, 0.2) is 41.3 Å². The van der Waals surface area contributed by atoms with Gasteiger partial charge in [-0.15, -0.1) is 0 Å². The third-order valence-corrected chi connectivity index (χ3v) is 5.81. The van der Waals surface area contributed by atoms with Crippen LogP contribution in [0.3, 0.4) is 0 Å². The summed E-state index contributed by atoms with van der Waals surface area (Å²) in [7, 11) is 0. The SMILES string of the molecule is O=c1c(Cl)c(NCC(C2CCOC2)N2CCOCC2)cnn1-c1ccccc1. The third kappa shape index (κ3) is 4.22. The average molecular weight is 405 g/mol. The van der Waals surface area contributed by atoms with Crippen LogP contribution in [-0.2, 0) is 9.47 Å². The van der Waals surface area contributed by atoms with E-state index in [2.05, 4.69) is 15.3 Å². The van der Waals surface area contributed by atoms with Gasteiger partial charge in [0.1, 0.15) is 5.02 Å². The monoisotopic (exact) mass is 404 g/mol. The Morgan fingerprint density at radius 2 is 1.96 bits per heavy atom. The number of anilines is 1. The highest BCUT2D eigenvalue weighted by Gasteiger charge is 2.31. The summed E-state index contributed by atoms with van der Waals surface area (Å²) in [4.78, 5) is 15.1. The molecule has 3 heterocycles. The predicted molar refractivity (Wildman–Crippen MR) is 108 cm³/mol. The van der Waals surface area contributed by atoms with Crippen molar-refractivity contribution in [2.45, 2.75) is 12.5 Å². The van der Waals surface area contributed by atoms with Crippen LogP contribution < -0.4 is 10.9 Å². The molecule has 0 radical (unpaired) electrons. The summed E-state index contributed by atoms with van der Waals surface area (Å²) in [6.45, 7) is 5.57. The zero-order chi connectivity index (χ0) is 19.3. The lowest BCUT2D eigenvalue weighted by Gasteiger charge is -2.37. The summed E-state index contributed by atoms with van der Waals surface area (Å²) < 4.78 is 12.4. The van der Waals surface area contributed by atoms with Gasteiger partial charge in [-0.25, -0.2) is 0 Å². The molecule has 8 heteroatoms. The standard InChI is InChI=1S/C20H25ClN4O3/c21-19-17(12-23-25(20(19)26)16-4-2-1-3-5-16)22-13-18(15-6-9-28-14-15)24-7-10-27-11-8-24/h1-5,12,15,18,22H,6-11,13-14H2. The first-order valence-electron chi connectivity index (χ1n) is 9.70. The first kappa shape index (κ1) is 19.4. The highest BCUT2D eigenvalue weighted by molar-refractivity contribution is 6.32. The number of rotatable bonds is 6. The number of para-hydroxylation sites is 1. The van der Waals surface area contributed by atoms with Crippen LogP contribution in [0.2, 0.25) is 5.02 Å². The molecule has 2 aliphatic rings. The van der Waals surface area contributed by atoms with Crippen LogP contribution >= 0.6 is 11.6 Å². The molecule has 2 aliphatic heterocycles. The van der Waals surface area contributed by atoms with Gasteiger partial charge in [-0.05, 0) is 18.6 Å². The van der Waals surface area contributed by atoms with Crippen molar-refractivity contribution >= 4 is 17.3 Å². The van der Waals surface area contributed by atoms with Gasteiger partial charge in [0.25, 0.3) is 5.56 Å². The van der Waals surface area contributed by atoms with Gasteiger partial charge in [0.05, 0.1) is 37.4 Å². The molecular formula is C20H25ClN4O3. The molecular weight excluding hydrogens is 380 g/mol. The van der Waals surface area contributed by atoms with E-state index in [4.69, 9.17) is 21.1 Å². The molecule has 28 heavy (non-hydrogen) atoms. The second-order valence-corrected chi connectivity index (χ2v) is 7.52. The van der Waals surface area contributed by atoms with Crippen LogP contribution in [0.5, 0.6) is 0 Å². The van der Waals surface area contributed by atoms with Crippen molar-refractivity contribution in [3.05, 3.63) is 51.9 Å². The Labute approximate surface area is 169 Å². The molecule has 0 aliphatic carbocycles. The Hall–Kier alpha value is -1.93. The number of ether oxygens (including phenoxy) is 2. The summed E-state index contributed by atoms with van der Waals surface area (Å²) in [5.74, 6) is 0.460. The number of benzene rings is 1. The largest absolute Gasteiger partial charge is 0.381 e. The minimum Gasteiger partial charge on any atom is -0.381 e. The van der Waals surface area contributed by atoms with E-state index in [9.17, 15) is 4.79 Å². The maximum absolute atomic E-state index is 12.7. The van der Waals surface area contributed by atoms with Crippen molar-refractivity contribution in [3.63, 3.8) is 0 Å². The summed E-state index contributed by atoms with van der Waals surface area (Å²) >= 11 is 6.38. The molecule has 0 spiro atoms. The van der Waals surface area contributed by atoms with Gasteiger partial charge in [0.15, 0.2) is 0 Å². The topological polar surface area (TPSA) is 68.6 Å². The molecule has 2 unspecified atom stereocenters. The van der Waals surface area contributed by atoms with E-state index in [0.717, 1.165) is 45.9 Å². The van der Waals surface area contributed by atoms with Gasteiger partial charge >= 0.3 is 0 Å². The summed E-state index contributed by atoms with van der Waals surface area (Å²) in [5.41, 5.74) is 0.927. The Kier molecular flexibility index (Phi) is 6.26. The molecule has 2 saturated heterocycles. The Bertz CT molecular complexity index is 833. The number of nitrogens with one attached hydrogen (secondary N) is 1. The van der Waals surface area contributed by atoms with E-state index in [0.29, 0.717) is 29.9 Å². The van der Waals surface area contributed by atoms with E-state index in [1.807, 2.05) is 30.3 Å². The number of hydrogen-bond donors (Lipinski definition) is 1. The number of aromatic nitrogens is 2. The van der Waals surface area contributed by atoms with Crippen molar-refractivity contribution in [1.82, 2.24) is 14.7 Å². The summed E-state index contributed by atoms with van der Waals surface area (Å²) in [6.07, 6.45) is 2.67. The lowest BCUT2D eigenvalue weighted by Crippen LogP contribution is -2.50. The third-order valence-electron chi connectivity index (χ3n) is 5.45. The highest BCUT2D eigenvalue weighted by atomic mass is 35.5. The first-order valence-corrected chi connectivity index (χ1v) is 10.1. The zero-order valence-electron chi connectivity index (χ0n) is 15.7. The molecule has 2 atom stereocenters. The Morgan fingerprint density at radius 3 is 2.68 bits per heavy atom.